The van der Waals surface area contributed by atoms with Crippen LogP contribution in [0.3, 0.4) is 0 Å². The van der Waals surface area contributed by atoms with Gasteiger partial charge in [-0.2, -0.15) is 13.2 Å². The third-order valence-corrected chi connectivity index (χ3v) is 1.63. The van der Waals surface area contributed by atoms with Crippen molar-refractivity contribution >= 4 is 11.9 Å². The SMILES string of the molecule is COCCNSCC(F)(F)F. The van der Waals surface area contributed by atoms with Crippen LogP contribution in [0.1, 0.15) is 0 Å². The fourth-order valence-electron chi connectivity index (χ4n) is 0.349. The molecule has 0 spiro atoms. The lowest BCUT2D eigenvalue weighted by Crippen LogP contribution is -2.18. The van der Waals surface area contributed by atoms with E-state index in [0.717, 1.165) is 0 Å². The van der Waals surface area contributed by atoms with Gasteiger partial charge in [-0.25, -0.2) is 0 Å². The Bertz CT molecular complexity index is 98.2. The molecule has 11 heavy (non-hydrogen) atoms. The molecule has 1 N–H and O–H groups in total. The van der Waals surface area contributed by atoms with Crippen LogP contribution < -0.4 is 4.72 Å². The number of hydrogen-bond acceptors (Lipinski definition) is 3. The second kappa shape index (κ2) is 5.68. The smallest absolute Gasteiger partial charge is 0.383 e. The Morgan fingerprint density at radius 3 is 2.55 bits per heavy atom. The molecule has 0 aliphatic rings. The first-order valence-electron chi connectivity index (χ1n) is 2.96. The summed E-state index contributed by atoms with van der Waals surface area (Å²) in [6.07, 6.45) is -4.09. The molecule has 0 radical (unpaired) electrons. The first-order valence-corrected chi connectivity index (χ1v) is 3.95. The van der Waals surface area contributed by atoms with Crippen molar-refractivity contribution < 1.29 is 17.9 Å². The summed E-state index contributed by atoms with van der Waals surface area (Å²) in [5.74, 6) is -0.864. The summed E-state index contributed by atoms with van der Waals surface area (Å²) < 4.78 is 41.5. The predicted octanol–water partition coefficient (Wildman–Crippen LogP) is 1.43. The average Bonchev–Trinajstić information content (AvgIpc) is 1.85. The fraction of sp³-hybridized carbons (Fsp3) is 1.00. The topological polar surface area (TPSA) is 21.3 Å². The van der Waals surface area contributed by atoms with Crippen molar-refractivity contribution in [2.24, 2.45) is 0 Å². The molecule has 2 nitrogen and oxygen atoms in total. The largest absolute Gasteiger partial charge is 0.399 e. The minimum absolute atomic E-state index is 0.421. The van der Waals surface area contributed by atoms with Crippen LogP contribution in [0.2, 0.25) is 0 Å². The Morgan fingerprint density at radius 1 is 1.45 bits per heavy atom. The van der Waals surface area contributed by atoms with Gasteiger partial charge in [-0.15, -0.1) is 0 Å². The zero-order valence-electron chi connectivity index (χ0n) is 6.07. The normalized spacial score (nSPS) is 12.0. The van der Waals surface area contributed by atoms with E-state index in [1.54, 1.807) is 0 Å². The van der Waals surface area contributed by atoms with Crippen molar-refractivity contribution in [1.82, 2.24) is 4.72 Å². The van der Waals surface area contributed by atoms with Gasteiger partial charge in [-0.1, -0.05) is 11.9 Å². The van der Waals surface area contributed by atoms with Gasteiger partial charge < -0.3 is 4.74 Å². The van der Waals surface area contributed by atoms with E-state index in [0.29, 0.717) is 25.1 Å². The first kappa shape index (κ1) is 11.1. The number of alkyl halides is 3. The molecule has 0 rings (SSSR count). The molecule has 0 saturated carbocycles. The van der Waals surface area contributed by atoms with Gasteiger partial charge >= 0.3 is 6.18 Å². The number of methoxy groups -OCH3 is 1. The van der Waals surface area contributed by atoms with E-state index in [4.69, 9.17) is 0 Å². The van der Waals surface area contributed by atoms with Gasteiger partial charge in [0.25, 0.3) is 0 Å². The van der Waals surface area contributed by atoms with Crippen molar-refractivity contribution in [2.45, 2.75) is 6.18 Å². The minimum atomic E-state index is -4.09. The summed E-state index contributed by atoms with van der Waals surface area (Å²) in [5, 5.41) is 0. The summed E-state index contributed by atoms with van der Waals surface area (Å²) in [7, 11) is 1.50. The number of hydrogen-bond donors (Lipinski definition) is 1. The highest BCUT2D eigenvalue weighted by molar-refractivity contribution is 7.97. The highest BCUT2D eigenvalue weighted by Crippen LogP contribution is 2.18. The van der Waals surface area contributed by atoms with E-state index in [1.165, 1.54) is 7.11 Å². The van der Waals surface area contributed by atoms with Gasteiger partial charge in [-0.05, 0) is 0 Å². The summed E-state index contributed by atoms with van der Waals surface area (Å²) in [6.45, 7) is 0.849. The Hall–Kier alpha value is 0.0600. The van der Waals surface area contributed by atoms with Crippen LogP contribution in [0.15, 0.2) is 0 Å². The predicted molar refractivity (Wildman–Crippen MR) is 38.4 cm³/mol. The lowest BCUT2D eigenvalue weighted by molar-refractivity contribution is -0.105. The van der Waals surface area contributed by atoms with Gasteiger partial charge in [0.05, 0.1) is 6.61 Å². The molecule has 68 valence electrons. The van der Waals surface area contributed by atoms with E-state index in [2.05, 4.69) is 9.46 Å². The van der Waals surface area contributed by atoms with Crippen molar-refractivity contribution in [3.8, 4) is 0 Å². The molecular weight excluding hydrogens is 179 g/mol. The summed E-state index contributed by atoms with van der Waals surface area (Å²) in [4.78, 5) is 0. The zero-order valence-corrected chi connectivity index (χ0v) is 6.89. The van der Waals surface area contributed by atoms with Crippen LogP contribution in [0, 0.1) is 0 Å². The fourth-order valence-corrected chi connectivity index (χ4v) is 0.842. The maximum atomic E-state index is 11.5. The second-order valence-electron chi connectivity index (χ2n) is 1.79. The van der Waals surface area contributed by atoms with E-state index < -0.39 is 11.9 Å². The lowest BCUT2D eigenvalue weighted by atomic mass is 10.7. The molecular formula is C5H10F3NOS. The number of nitrogens with one attached hydrogen (secondary N) is 1. The summed E-state index contributed by atoms with van der Waals surface area (Å²) in [6, 6.07) is 0. The molecule has 0 fully saturated rings. The first-order chi connectivity index (χ1) is 5.06. The minimum Gasteiger partial charge on any atom is -0.383 e. The number of ether oxygens (including phenoxy) is 1. The monoisotopic (exact) mass is 189 g/mol. The van der Waals surface area contributed by atoms with Crippen molar-refractivity contribution in [3.05, 3.63) is 0 Å². The highest BCUT2D eigenvalue weighted by Gasteiger charge is 2.26. The summed E-state index contributed by atoms with van der Waals surface area (Å²) >= 11 is 0.645. The van der Waals surface area contributed by atoms with Gasteiger partial charge in [0.15, 0.2) is 0 Å². The van der Waals surface area contributed by atoms with Crippen LogP contribution >= 0.6 is 11.9 Å². The lowest BCUT2D eigenvalue weighted by Gasteiger charge is -2.05. The van der Waals surface area contributed by atoms with E-state index in [9.17, 15) is 13.2 Å². The van der Waals surface area contributed by atoms with Gasteiger partial charge in [0, 0.05) is 13.7 Å². The second-order valence-corrected chi connectivity index (χ2v) is 2.66. The molecule has 0 aromatic carbocycles. The van der Waals surface area contributed by atoms with Crippen molar-refractivity contribution in [1.29, 1.82) is 0 Å². The molecule has 0 aromatic heterocycles. The van der Waals surface area contributed by atoms with E-state index in [-0.39, 0.29) is 0 Å². The molecule has 0 bridgehead atoms. The van der Waals surface area contributed by atoms with Gasteiger partial charge in [-0.3, -0.25) is 4.72 Å². The molecule has 0 aromatic rings. The molecule has 0 unspecified atom stereocenters. The Kier molecular flexibility index (Phi) is 5.71. The summed E-state index contributed by atoms with van der Waals surface area (Å²) in [5.41, 5.74) is 0. The molecule has 0 aliphatic heterocycles. The Labute approximate surface area is 67.6 Å². The van der Waals surface area contributed by atoms with Crippen LogP contribution in [0.25, 0.3) is 0 Å². The third kappa shape index (κ3) is 10.1. The molecule has 0 amide bonds. The average molecular weight is 189 g/mol. The molecule has 0 saturated heterocycles. The third-order valence-electron chi connectivity index (χ3n) is 0.746. The van der Waals surface area contributed by atoms with Crippen LogP contribution in [-0.4, -0.2) is 32.2 Å². The Morgan fingerprint density at radius 2 is 2.09 bits per heavy atom. The molecule has 0 atom stereocenters. The van der Waals surface area contributed by atoms with Crippen LogP contribution in [0.5, 0.6) is 0 Å². The maximum Gasteiger partial charge on any atom is 0.399 e. The van der Waals surface area contributed by atoms with E-state index >= 15 is 0 Å². The van der Waals surface area contributed by atoms with E-state index in [1.807, 2.05) is 0 Å². The standard InChI is InChI=1S/C5H10F3NOS/c1-10-3-2-9-11-4-5(6,7)8/h9H,2-4H2,1H3. The van der Waals surface area contributed by atoms with Gasteiger partial charge in [0.1, 0.15) is 5.75 Å². The maximum absolute atomic E-state index is 11.5. The quantitative estimate of drug-likeness (QED) is 0.522. The molecule has 0 heterocycles. The van der Waals surface area contributed by atoms with Crippen LogP contribution in [-0.2, 0) is 4.74 Å². The van der Waals surface area contributed by atoms with Crippen molar-refractivity contribution in [3.63, 3.8) is 0 Å². The Balaban J connectivity index is 3.02. The van der Waals surface area contributed by atoms with Gasteiger partial charge in [0.2, 0.25) is 0 Å². The molecule has 6 heteroatoms. The number of rotatable bonds is 5. The zero-order chi connectivity index (χ0) is 8.74. The highest BCUT2D eigenvalue weighted by atomic mass is 32.2. The van der Waals surface area contributed by atoms with Crippen molar-refractivity contribution in [2.75, 3.05) is 26.0 Å². The molecule has 0 aliphatic carbocycles. The number of halogens is 3. The van der Waals surface area contributed by atoms with Crippen LogP contribution in [0.4, 0.5) is 13.2 Å².